The van der Waals surface area contributed by atoms with Crippen molar-refractivity contribution >= 4 is 5.91 Å². The molecule has 1 aromatic rings. The SMILES string of the molecule is Cc1cccc(C(=O)NCCC2CCCCC2)c1F. The molecule has 2 rings (SSSR count). The van der Waals surface area contributed by atoms with Gasteiger partial charge in [-0.25, -0.2) is 4.39 Å². The van der Waals surface area contributed by atoms with Gasteiger partial charge in [-0.15, -0.1) is 0 Å². The Bertz CT molecular complexity index is 438. The number of nitrogens with one attached hydrogen (secondary N) is 1. The van der Waals surface area contributed by atoms with Gasteiger partial charge in [-0.05, 0) is 30.9 Å². The van der Waals surface area contributed by atoms with Crippen molar-refractivity contribution in [1.29, 1.82) is 0 Å². The average Bonchev–Trinajstić information content (AvgIpc) is 2.43. The van der Waals surface area contributed by atoms with Gasteiger partial charge in [0.15, 0.2) is 0 Å². The van der Waals surface area contributed by atoms with E-state index in [-0.39, 0.29) is 11.5 Å². The topological polar surface area (TPSA) is 29.1 Å². The summed E-state index contributed by atoms with van der Waals surface area (Å²) in [4.78, 5) is 11.9. The van der Waals surface area contributed by atoms with Crippen LogP contribution in [0.25, 0.3) is 0 Å². The lowest BCUT2D eigenvalue weighted by Crippen LogP contribution is -2.27. The van der Waals surface area contributed by atoms with Crippen LogP contribution in [0.2, 0.25) is 0 Å². The number of carbonyl (C=O) groups is 1. The molecule has 0 spiro atoms. The minimum absolute atomic E-state index is 0.156. The van der Waals surface area contributed by atoms with E-state index in [4.69, 9.17) is 0 Å². The van der Waals surface area contributed by atoms with E-state index in [1.807, 2.05) is 0 Å². The molecule has 0 bridgehead atoms. The highest BCUT2D eigenvalue weighted by molar-refractivity contribution is 5.94. The number of halogens is 1. The standard InChI is InChI=1S/C16H22FNO/c1-12-6-5-9-14(15(12)17)16(19)18-11-10-13-7-3-2-4-8-13/h5-6,9,13H,2-4,7-8,10-11H2,1H3,(H,18,19). The van der Waals surface area contributed by atoms with Crippen molar-refractivity contribution in [2.24, 2.45) is 5.92 Å². The second-order valence-corrected chi connectivity index (χ2v) is 5.49. The first-order chi connectivity index (χ1) is 9.18. The number of carbonyl (C=O) groups excluding carboxylic acids is 1. The van der Waals surface area contributed by atoms with Gasteiger partial charge in [-0.3, -0.25) is 4.79 Å². The Morgan fingerprint density at radius 2 is 2.05 bits per heavy atom. The number of benzene rings is 1. The number of amides is 1. The predicted octanol–water partition coefficient (Wildman–Crippen LogP) is 3.83. The molecule has 3 heteroatoms. The molecule has 1 N–H and O–H groups in total. The molecule has 1 amide bonds. The molecule has 1 fully saturated rings. The van der Waals surface area contributed by atoms with Crippen LogP contribution in [0, 0.1) is 18.7 Å². The van der Waals surface area contributed by atoms with Crippen molar-refractivity contribution in [2.75, 3.05) is 6.54 Å². The van der Waals surface area contributed by atoms with E-state index < -0.39 is 5.82 Å². The molecular formula is C16H22FNO. The third-order valence-corrected chi connectivity index (χ3v) is 4.00. The van der Waals surface area contributed by atoms with Gasteiger partial charge >= 0.3 is 0 Å². The second-order valence-electron chi connectivity index (χ2n) is 5.49. The van der Waals surface area contributed by atoms with E-state index in [0.29, 0.717) is 12.1 Å². The molecule has 0 atom stereocenters. The molecule has 0 saturated heterocycles. The highest BCUT2D eigenvalue weighted by Gasteiger charge is 2.15. The Hall–Kier alpha value is -1.38. The highest BCUT2D eigenvalue weighted by atomic mass is 19.1. The molecule has 0 unspecified atom stereocenters. The summed E-state index contributed by atoms with van der Waals surface area (Å²) >= 11 is 0. The predicted molar refractivity (Wildman–Crippen MR) is 74.7 cm³/mol. The summed E-state index contributed by atoms with van der Waals surface area (Å²) in [5, 5.41) is 2.84. The molecule has 1 aliphatic carbocycles. The van der Waals surface area contributed by atoms with Gasteiger partial charge < -0.3 is 5.32 Å². The summed E-state index contributed by atoms with van der Waals surface area (Å²) < 4.78 is 13.8. The van der Waals surface area contributed by atoms with E-state index in [1.54, 1.807) is 19.1 Å². The van der Waals surface area contributed by atoms with E-state index in [2.05, 4.69) is 5.32 Å². The Labute approximate surface area is 114 Å². The average molecular weight is 263 g/mol. The van der Waals surface area contributed by atoms with Crippen molar-refractivity contribution in [2.45, 2.75) is 45.4 Å². The maximum Gasteiger partial charge on any atom is 0.254 e. The van der Waals surface area contributed by atoms with Crippen molar-refractivity contribution in [1.82, 2.24) is 5.32 Å². The van der Waals surface area contributed by atoms with Crippen molar-refractivity contribution in [3.8, 4) is 0 Å². The lowest BCUT2D eigenvalue weighted by Gasteiger charge is -2.21. The fourth-order valence-electron chi connectivity index (χ4n) is 2.78. The van der Waals surface area contributed by atoms with Crippen LogP contribution in [-0.2, 0) is 0 Å². The molecule has 0 radical (unpaired) electrons. The molecule has 0 heterocycles. The quantitative estimate of drug-likeness (QED) is 0.878. The summed E-state index contributed by atoms with van der Waals surface area (Å²) in [5.74, 6) is 0.0334. The lowest BCUT2D eigenvalue weighted by atomic mass is 9.87. The molecule has 1 aromatic carbocycles. The van der Waals surface area contributed by atoms with E-state index in [0.717, 1.165) is 12.3 Å². The van der Waals surface area contributed by atoms with E-state index in [9.17, 15) is 9.18 Å². The summed E-state index contributed by atoms with van der Waals surface area (Å²) in [7, 11) is 0. The van der Waals surface area contributed by atoms with Crippen LogP contribution in [0.3, 0.4) is 0 Å². The first kappa shape index (κ1) is 14.0. The van der Waals surface area contributed by atoms with Crippen molar-refractivity contribution in [3.63, 3.8) is 0 Å². The Balaban J connectivity index is 1.82. The van der Waals surface area contributed by atoms with Gasteiger partial charge in [-0.1, -0.05) is 44.2 Å². The number of rotatable bonds is 4. The van der Waals surface area contributed by atoms with Gasteiger partial charge in [-0.2, -0.15) is 0 Å². The third kappa shape index (κ3) is 3.79. The minimum Gasteiger partial charge on any atom is -0.352 e. The Morgan fingerprint density at radius 1 is 1.32 bits per heavy atom. The zero-order valence-electron chi connectivity index (χ0n) is 11.5. The molecule has 104 valence electrons. The van der Waals surface area contributed by atoms with Gasteiger partial charge in [0, 0.05) is 6.54 Å². The summed E-state index contributed by atoms with van der Waals surface area (Å²) in [6, 6.07) is 4.93. The van der Waals surface area contributed by atoms with Gasteiger partial charge in [0.2, 0.25) is 0 Å². The van der Waals surface area contributed by atoms with Gasteiger partial charge in [0.05, 0.1) is 5.56 Å². The fourth-order valence-corrected chi connectivity index (χ4v) is 2.78. The third-order valence-electron chi connectivity index (χ3n) is 4.00. The first-order valence-electron chi connectivity index (χ1n) is 7.22. The number of hydrogen-bond donors (Lipinski definition) is 1. The molecule has 1 aliphatic rings. The normalized spacial score (nSPS) is 16.3. The van der Waals surface area contributed by atoms with Crippen molar-refractivity contribution in [3.05, 3.63) is 35.1 Å². The van der Waals surface area contributed by atoms with Crippen LogP contribution in [0.4, 0.5) is 4.39 Å². The largest absolute Gasteiger partial charge is 0.352 e. The molecule has 1 saturated carbocycles. The fraction of sp³-hybridized carbons (Fsp3) is 0.562. The van der Waals surface area contributed by atoms with Crippen LogP contribution in [0.5, 0.6) is 0 Å². The molecule has 19 heavy (non-hydrogen) atoms. The van der Waals surface area contributed by atoms with Crippen LogP contribution in [0.1, 0.15) is 54.4 Å². The molecule has 0 aliphatic heterocycles. The summed E-state index contributed by atoms with van der Waals surface area (Å²) in [6.45, 7) is 2.32. The van der Waals surface area contributed by atoms with E-state index >= 15 is 0 Å². The highest BCUT2D eigenvalue weighted by Crippen LogP contribution is 2.25. The van der Waals surface area contributed by atoms with Crippen LogP contribution >= 0.6 is 0 Å². The maximum absolute atomic E-state index is 13.8. The Morgan fingerprint density at radius 3 is 2.79 bits per heavy atom. The smallest absolute Gasteiger partial charge is 0.254 e. The zero-order chi connectivity index (χ0) is 13.7. The van der Waals surface area contributed by atoms with Crippen molar-refractivity contribution < 1.29 is 9.18 Å². The number of hydrogen-bond acceptors (Lipinski definition) is 1. The van der Waals surface area contributed by atoms with Gasteiger partial charge in [0.1, 0.15) is 5.82 Å². The molecule has 2 nitrogen and oxygen atoms in total. The maximum atomic E-state index is 13.8. The zero-order valence-corrected chi connectivity index (χ0v) is 11.5. The lowest BCUT2D eigenvalue weighted by molar-refractivity contribution is 0.0946. The molecular weight excluding hydrogens is 241 g/mol. The summed E-state index contributed by atoms with van der Waals surface area (Å²) in [5.41, 5.74) is 0.670. The van der Waals surface area contributed by atoms with E-state index in [1.165, 1.54) is 38.2 Å². The molecule has 0 aromatic heterocycles. The van der Waals surface area contributed by atoms with Crippen LogP contribution in [0.15, 0.2) is 18.2 Å². The first-order valence-corrected chi connectivity index (χ1v) is 7.22. The van der Waals surface area contributed by atoms with Crippen LogP contribution < -0.4 is 5.32 Å². The Kier molecular flexibility index (Phi) is 4.94. The monoisotopic (exact) mass is 263 g/mol. The second kappa shape index (κ2) is 6.69. The van der Waals surface area contributed by atoms with Crippen LogP contribution in [-0.4, -0.2) is 12.5 Å². The summed E-state index contributed by atoms with van der Waals surface area (Å²) in [6.07, 6.45) is 7.52. The van der Waals surface area contributed by atoms with Gasteiger partial charge in [0.25, 0.3) is 5.91 Å². The number of aryl methyl sites for hydroxylation is 1. The minimum atomic E-state index is -0.405.